The van der Waals surface area contributed by atoms with Gasteiger partial charge in [-0.25, -0.2) is 9.97 Å². The average molecular weight is 294 g/mol. The highest BCUT2D eigenvalue weighted by atomic mass is 16.1. The lowest BCUT2D eigenvalue weighted by Gasteiger charge is -2.19. The van der Waals surface area contributed by atoms with Gasteiger partial charge in [0.05, 0.1) is 17.9 Å². The first-order valence-corrected chi connectivity index (χ1v) is 7.53. The molecular weight excluding hydrogens is 276 g/mol. The van der Waals surface area contributed by atoms with Crippen molar-refractivity contribution in [1.29, 1.82) is 0 Å². The highest BCUT2D eigenvalue weighted by molar-refractivity contribution is 5.71. The van der Waals surface area contributed by atoms with Crippen LogP contribution in [0.25, 0.3) is 11.0 Å². The van der Waals surface area contributed by atoms with Gasteiger partial charge in [-0.1, -0.05) is 25.8 Å². The van der Waals surface area contributed by atoms with Crippen LogP contribution in [0.1, 0.15) is 37.8 Å². The SMILES string of the molecule is CCCCC(c1cccnc1)n1cnc2cccnc2c1=O. The second-order valence-electron chi connectivity index (χ2n) is 5.27. The molecule has 0 saturated heterocycles. The van der Waals surface area contributed by atoms with Gasteiger partial charge in [-0.2, -0.15) is 0 Å². The lowest BCUT2D eigenvalue weighted by Crippen LogP contribution is -2.26. The zero-order valence-electron chi connectivity index (χ0n) is 12.5. The number of fused-ring (bicyclic) bond motifs is 1. The molecule has 5 nitrogen and oxygen atoms in total. The van der Waals surface area contributed by atoms with Crippen LogP contribution in [0.3, 0.4) is 0 Å². The highest BCUT2D eigenvalue weighted by Crippen LogP contribution is 2.22. The van der Waals surface area contributed by atoms with E-state index in [1.54, 1.807) is 35.4 Å². The predicted molar refractivity (Wildman–Crippen MR) is 85.7 cm³/mol. The van der Waals surface area contributed by atoms with E-state index in [-0.39, 0.29) is 11.6 Å². The van der Waals surface area contributed by atoms with Crippen LogP contribution in [0.5, 0.6) is 0 Å². The van der Waals surface area contributed by atoms with Gasteiger partial charge < -0.3 is 0 Å². The fourth-order valence-corrected chi connectivity index (χ4v) is 2.62. The van der Waals surface area contributed by atoms with E-state index in [0.29, 0.717) is 11.0 Å². The fraction of sp³-hybridized carbons (Fsp3) is 0.294. The molecular formula is C17H18N4O. The molecule has 3 heterocycles. The van der Waals surface area contributed by atoms with Crippen molar-refractivity contribution in [1.82, 2.24) is 19.5 Å². The van der Waals surface area contributed by atoms with Crippen molar-refractivity contribution in [3.05, 3.63) is 65.1 Å². The average Bonchev–Trinajstić information content (AvgIpc) is 2.58. The standard InChI is InChI=1S/C17H18N4O/c1-2-3-8-15(13-6-4-9-18-11-13)21-12-20-14-7-5-10-19-16(14)17(21)22/h4-7,9-12,15H,2-3,8H2,1H3. The second-order valence-corrected chi connectivity index (χ2v) is 5.27. The molecule has 0 N–H and O–H groups in total. The zero-order chi connectivity index (χ0) is 15.4. The summed E-state index contributed by atoms with van der Waals surface area (Å²) in [7, 11) is 0. The Morgan fingerprint density at radius 3 is 2.82 bits per heavy atom. The van der Waals surface area contributed by atoms with Gasteiger partial charge in [-0.05, 0) is 30.2 Å². The number of pyridine rings is 2. The molecule has 112 valence electrons. The van der Waals surface area contributed by atoms with E-state index in [0.717, 1.165) is 24.8 Å². The van der Waals surface area contributed by atoms with Gasteiger partial charge in [0, 0.05) is 18.6 Å². The summed E-state index contributed by atoms with van der Waals surface area (Å²) in [4.78, 5) is 25.5. The molecule has 3 aromatic rings. The minimum absolute atomic E-state index is 0.0555. The molecule has 3 rings (SSSR count). The maximum Gasteiger partial charge on any atom is 0.280 e. The molecule has 22 heavy (non-hydrogen) atoms. The number of aromatic nitrogens is 4. The van der Waals surface area contributed by atoms with E-state index >= 15 is 0 Å². The van der Waals surface area contributed by atoms with E-state index < -0.39 is 0 Å². The Bertz CT molecular complexity index is 814. The lowest BCUT2D eigenvalue weighted by molar-refractivity contribution is 0.497. The van der Waals surface area contributed by atoms with Crippen molar-refractivity contribution >= 4 is 11.0 Å². The third kappa shape index (κ3) is 2.74. The van der Waals surface area contributed by atoms with Gasteiger partial charge in [-0.15, -0.1) is 0 Å². The number of nitrogens with zero attached hydrogens (tertiary/aromatic N) is 4. The molecule has 0 saturated carbocycles. The Balaban J connectivity index is 2.12. The molecule has 0 bridgehead atoms. The molecule has 0 aromatic carbocycles. The molecule has 1 atom stereocenters. The molecule has 1 unspecified atom stereocenters. The summed E-state index contributed by atoms with van der Waals surface area (Å²) in [6, 6.07) is 7.43. The monoisotopic (exact) mass is 294 g/mol. The number of hydrogen-bond acceptors (Lipinski definition) is 4. The van der Waals surface area contributed by atoms with Gasteiger partial charge in [0.15, 0.2) is 5.52 Å². The summed E-state index contributed by atoms with van der Waals surface area (Å²) in [5, 5.41) is 0. The van der Waals surface area contributed by atoms with E-state index in [1.165, 1.54) is 0 Å². The summed E-state index contributed by atoms with van der Waals surface area (Å²) in [5.41, 5.74) is 1.96. The predicted octanol–water partition coefficient (Wildman–Crippen LogP) is 2.97. The van der Waals surface area contributed by atoms with Crippen molar-refractivity contribution < 1.29 is 0 Å². The van der Waals surface area contributed by atoms with Crippen LogP contribution in [-0.2, 0) is 0 Å². The molecule has 0 fully saturated rings. The molecule has 3 aromatic heterocycles. The molecule has 0 radical (unpaired) electrons. The van der Waals surface area contributed by atoms with Gasteiger partial charge in [0.2, 0.25) is 0 Å². The van der Waals surface area contributed by atoms with Crippen molar-refractivity contribution in [2.75, 3.05) is 0 Å². The highest BCUT2D eigenvalue weighted by Gasteiger charge is 2.17. The van der Waals surface area contributed by atoms with Gasteiger partial charge in [0.1, 0.15) is 0 Å². The van der Waals surface area contributed by atoms with E-state index in [2.05, 4.69) is 21.9 Å². The molecule has 0 aliphatic rings. The Kier molecular flexibility index (Phi) is 4.23. The normalized spacial score (nSPS) is 12.4. The minimum Gasteiger partial charge on any atom is -0.290 e. The maximum atomic E-state index is 12.7. The smallest absolute Gasteiger partial charge is 0.280 e. The van der Waals surface area contributed by atoms with Gasteiger partial charge in [-0.3, -0.25) is 14.3 Å². The Morgan fingerprint density at radius 2 is 2.05 bits per heavy atom. The maximum absolute atomic E-state index is 12.7. The summed E-state index contributed by atoms with van der Waals surface area (Å²) >= 11 is 0. The van der Waals surface area contributed by atoms with E-state index in [1.807, 2.05) is 18.3 Å². The summed E-state index contributed by atoms with van der Waals surface area (Å²) < 4.78 is 1.68. The van der Waals surface area contributed by atoms with Crippen molar-refractivity contribution in [2.45, 2.75) is 32.2 Å². The third-order valence-electron chi connectivity index (χ3n) is 3.78. The van der Waals surface area contributed by atoms with Crippen LogP contribution < -0.4 is 5.56 Å². The first-order chi connectivity index (χ1) is 10.8. The van der Waals surface area contributed by atoms with Crippen LogP contribution in [0.15, 0.2) is 54.0 Å². The lowest BCUT2D eigenvalue weighted by atomic mass is 10.0. The first-order valence-electron chi connectivity index (χ1n) is 7.53. The second kappa shape index (κ2) is 6.47. The van der Waals surface area contributed by atoms with Crippen LogP contribution in [0.2, 0.25) is 0 Å². The number of unbranched alkanes of at least 4 members (excludes halogenated alkanes) is 1. The van der Waals surface area contributed by atoms with Crippen molar-refractivity contribution in [3.63, 3.8) is 0 Å². The van der Waals surface area contributed by atoms with E-state index in [9.17, 15) is 4.79 Å². The molecule has 0 aliphatic heterocycles. The van der Waals surface area contributed by atoms with Crippen LogP contribution >= 0.6 is 0 Å². The summed E-state index contributed by atoms with van der Waals surface area (Å²) in [5.74, 6) is 0. The first kappa shape index (κ1) is 14.4. The van der Waals surface area contributed by atoms with Gasteiger partial charge >= 0.3 is 0 Å². The largest absolute Gasteiger partial charge is 0.290 e. The fourth-order valence-electron chi connectivity index (χ4n) is 2.62. The molecule has 0 spiro atoms. The quantitative estimate of drug-likeness (QED) is 0.726. The Labute approximate surface area is 128 Å². The topological polar surface area (TPSA) is 60.7 Å². The Hall–Kier alpha value is -2.56. The summed E-state index contributed by atoms with van der Waals surface area (Å²) in [6.45, 7) is 2.14. The van der Waals surface area contributed by atoms with Crippen LogP contribution in [0.4, 0.5) is 0 Å². The third-order valence-corrected chi connectivity index (χ3v) is 3.78. The molecule has 5 heteroatoms. The summed E-state index contributed by atoms with van der Waals surface area (Å²) in [6.07, 6.45) is 9.79. The zero-order valence-corrected chi connectivity index (χ0v) is 12.5. The Morgan fingerprint density at radius 1 is 1.18 bits per heavy atom. The van der Waals surface area contributed by atoms with Crippen LogP contribution in [0, 0.1) is 0 Å². The van der Waals surface area contributed by atoms with E-state index in [4.69, 9.17) is 0 Å². The van der Waals surface area contributed by atoms with Crippen LogP contribution in [-0.4, -0.2) is 19.5 Å². The van der Waals surface area contributed by atoms with Crippen molar-refractivity contribution in [2.24, 2.45) is 0 Å². The number of rotatable bonds is 5. The molecule has 0 amide bonds. The minimum atomic E-state index is -0.101. The number of hydrogen-bond donors (Lipinski definition) is 0. The molecule has 0 aliphatic carbocycles. The van der Waals surface area contributed by atoms with Gasteiger partial charge in [0.25, 0.3) is 5.56 Å². The van der Waals surface area contributed by atoms with Crippen molar-refractivity contribution in [3.8, 4) is 0 Å².